The van der Waals surface area contributed by atoms with Crippen LogP contribution in [-0.4, -0.2) is 8.97 Å². The summed E-state index contributed by atoms with van der Waals surface area (Å²) in [4.78, 5) is 0. The van der Waals surface area contributed by atoms with E-state index in [1.807, 2.05) is 0 Å². The van der Waals surface area contributed by atoms with Gasteiger partial charge < -0.3 is 8.97 Å². The molecule has 3 heterocycles. The van der Waals surface area contributed by atoms with Crippen LogP contribution in [0.15, 0.2) is 194 Å². The average Bonchev–Trinajstić information content (AvgIpc) is 3.98. The van der Waals surface area contributed by atoms with Gasteiger partial charge in [-0.3, -0.25) is 0 Å². The van der Waals surface area contributed by atoms with Gasteiger partial charge >= 0.3 is 0 Å². The van der Waals surface area contributed by atoms with Gasteiger partial charge in [0.25, 0.3) is 0 Å². The van der Waals surface area contributed by atoms with Gasteiger partial charge in [0, 0.05) is 49.1 Å². The molecule has 3 aromatic heterocycles. The van der Waals surface area contributed by atoms with Crippen molar-refractivity contribution in [3.05, 3.63) is 205 Å². The van der Waals surface area contributed by atoms with Gasteiger partial charge in [0.2, 0.25) is 0 Å². The standard InChI is InChI=1S/C66H50N2/c1-65(2,3)49-28-30-56-54(36-49)60-58(47-25-23-39-15-7-10-18-42(39)31-47)64-61(55-38-50(66(4,5)6)37-53-52-34-45-21-13-14-22-46(45)35-57(52)68(64)62(53)55)59(48-26-24-40-16-8-11-19-43(40)32-48)63(60)67(56)51-29-27-41-17-9-12-20-44(41)33-51/h7-38H,1-6H3. The number of hydrogen-bond donors (Lipinski definition) is 0. The van der Waals surface area contributed by atoms with E-state index in [1.165, 1.54) is 136 Å². The van der Waals surface area contributed by atoms with Crippen molar-refractivity contribution >= 4 is 103 Å². The molecule has 0 spiro atoms. The predicted octanol–water partition coefficient (Wildman–Crippen LogP) is 18.5. The highest BCUT2D eigenvalue weighted by atomic mass is 15.0. The maximum atomic E-state index is 2.68. The zero-order valence-electron chi connectivity index (χ0n) is 39.4. The molecule has 0 aliphatic rings. The lowest BCUT2D eigenvalue weighted by atomic mass is 9.83. The van der Waals surface area contributed by atoms with Crippen LogP contribution in [-0.2, 0) is 10.8 Å². The summed E-state index contributed by atoms with van der Waals surface area (Å²) in [5.74, 6) is 0. The van der Waals surface area contributed by atoms with Gasteiger partial charge in [0.1, 0.15) is 0 Å². The highest BCUT2D eigenvalue weighted by molar-refractivity contribution is 6.36. The summed E-state index contributed by atoms with van der Waals surface area (Å²) in [5, 5.41) is 17.6. The SMILES string of the molecule is CC(C)(C)c1ccc2c(c1)c1c(-c3ccc4ccccc4c3)c3c(c(-c4ccc5ccccc5c4)c1n2-c1ccc2ccccc2c1)c1cc(C(C)(C)C)cc2c4cc5ccccc5cc4n3c21. The van der Waals surface area contributed by atoms with Crippen LogP contribution in [0.25, 0.3) is 131 Å². The largest absolute Gasteiger partial charge is 0.309 e. The minimum atomic E-state index is -0.101. The van der Waals surface area contributed by atoms with Gasteiger partial charge in [-0.25, -0.2) is 0 Å². The van der Waals surface area contributed by atoms with Crippen molar-refractivity contribution in [1.82, 2.24) is 8.97 Å². The molecular weight excluding hydrogens is 821 g/mol. The second-order valence-corrected chi connectivity index (χ2v) is 21.4. The number of benzene rings is 11. The molecule has 0 saturated heterocycles. The summed E-state index contributed by atoms with van der Waals surface area (Å²) in [6.07, 6.45) is 0. The Kier molecular flexibility index (Phi) is 7.97. The molecule has 2 nitrogen and oxygen atoms in total. The zero-order valence-corrected chi connectivity index (χ0v) is 39.4. The summed E-state index contributed by atoms with van der Waals surface area (Å²) in [5.41, 5.74) is 14.8. The molecule has 0 N–H and O–H groups in total. The van der Waals surface area contributed by atoms with Gasteiger partial charge in [0.05, 0.1) is 27.6 Å². The van der Waals surface area contributed by atoms with E-state index >= 15 is 0 Å². The van der Waals surface area contributed by atoms with Crippen LogP contribution in [0, 0.1) is 0 Å². The van der Waals surface area contributed by atoms with Crippen LogP contribution in [0.5, 0.6) is 0 Å². The van der Waals surface area contributed by atoms with Crippen molar-refractivity contribution in [2.24, 2.45) is 0 Å². The fourth-order valence-electron chi connectivity index (χ4n) is 11.7. The highest BCUT2D eigenvalue weighted by Gasteiger charge is 2.32. The lowest BCUT2D eigenvalue weighted by Crippen LogP contribution is -2.10. The van der Waals surface area contributed by atoms with E-state index < -0.39 is 0 Å². The molecule has 0 fully saturated rings. The maximum Gasteiger partial charge on any atom is 0.0634 e. The van der Waals surface area contributed by atoms with Gasteiger partial charge in [0.15, 0.2) is 0 Å². The summed E-state index contributed by atoms with van der Waals surface area (Å²) in [6.45, 7) is 14.1. The molecule has 0 radical (unpaired) electrons. The minimum Gasteiger partial charge on any atom is -0.309 e. The summed E-state index contributed by atoms with van der Waals surface area (Å²) >= 11 is 0. The van der Waals surface area contributed by atoms with Crippen molar-refractivity contribution in [1.29, 1.82) is 0 Å². The lowest BCUT2D eigenvalue weighted by Gasteiger charge is -2.20. The third kappa shape index (κ3) is 5.58. The Balaban J connectivity index is 1.33. The third-order valence-corrected chi connectivity index (χ3v) is 15.2. The van der Waals surface area contributed by atoms with Crippen LogP contribution in [0.2, 0.25) is 0 Å². The molecule has 0 saturated carbocycles. The normalized spacial score (nSPS) is 12.9. The topological polar surface area (TPSA) is 9.34 Å². The molecule has 0 amide bonds. The van der Waals surface area contributed by atoms with Crippen LogP contribution in [0.4, 0.5) is 0 Å². The first kappa shape index (κ1) is 39.2. The van der Waals surface area contributed by atoms with Crippen molar-refractivity contribution in [2.75, 3.05) is 0 Å². The molecule has 2 heteroatoms. The average molecular weight is 871 g/mol. The molecule has 0 bridgehead atoms. The highest BCUT2D eigenvalue weighted by Crippen LogP contribution is 2.55. The van der Waals surface area contributed by atoms with E-state index in [2.05, 4.69) is 245 Å². The molecule has 0 unspecified atom stereocenters. The number of hydrogen-bond acceptors (Lipinski definition) is 0. The van der Waals surface area contributed by atoms with E-state index in [4.69, 9.17) is 0 Å². The summed E-state index contributed by atoms with van der Waals surface area (Å²) in [6, 6.07) is 74.0. The Bertz CT molecular complexity index is 4450. The van der Waals surface area contributed by atoms with Crippen molar-refractivity contribution in [3.8, 4) is 27.9 Å². The quantitative estimate of drug-likeness (QED) is 0.167. The Morgan fingerprint density at radius 1 is 0.309 bits per heavy atom. The van der Waals surface area contributed by atoms with Gasteiger partial charge in [-0.2, -0.15) is 0 Å². The number of nitrogens with zero attached hydrogens (tertiary/aromatic N) is 2. The van der Waals surface area contributed by atoms with E-state index in [-0.39, 0.29) is 10.8 Å². The molecule has 68 heavy (non-hydrogen) atoms. The lowest BCUT2D eigenvalue weighted by molar-refractivity contribution is 0.591. The molecular formula is C66H50N2. The van der Waals surface area contributed by atoms with Crippen molar-refractivity contribution in [2.45, 2.75) is 52.4 Å². The van der Waals surface area contributed by atoms with Crippen molar-refractivity contribution in [3.63, 3.8) is 0 Å². The van der Waals surface area contributed by atoms with E-state index in [9.17, 15) is 0 Å². The first-order chi connectivity index (χ1) is 33.0. The molecule has 11 aromatic carbocycles. The fourth-order valence-corrected chi connectivity index (χ4v) is 11.7. The van der Waals surface area contributed by atoms with Crippen LogP contribution < -0.4 is 0 Å². The second-order valence-electron chi connectivity index (χ2n) is 21.4. The van der Waals surface area contributed by atoms with E-state index in [0.29, 0.717) is 0 Å². The second kappa shape index (κ2) is 13.8. The number of aromatic nitrogens is 2. The molecule has 14 rings (SSSR count). The molecule has 0 aliphatic carbocycles. The molecule has 0 aliphatic heterocycles. The monoisotopic (exact) mass is 870 g/mol. The fraction of sp³-hybridized carbons (Fsp3) is 0.121. The summed E-state index contributed by atoms with van der Waals surface area (Å²) in [7, 11) is 0. The minimum absolute atomic E-state index is 0.0734. The maximum absolute atomic E-state index is 2.68. The first-order valence-corrected chi connectivity index (χ1v) is 24.2. The van der Waals surface area contributed by atoms with Crippen LogP contribution >= 0.6 is 0 Å². The smallest absolute Gasteiger partial charge is 0.0634 e. The van der Waals surface area contributed by atoms with Gasteiger partial charge in [-0.05, 0) is 137 Å². The van der Waals surface area contributed by atoms with Crippen LogP contribution in [0.1, 0.15) is 52.7 Å². The predicted molar refractivity (Wildman–Crippen MR) is 294 cm³/mol. The Labute approximate surface area is 395 Å². The number of fused-ring (bicyclic) bond motifs is 13. The van der Waals surface area contributed by atoms with E-state index in [1.54, 1.807) is 0 Å². The number of rotatable bonds is 3. The Hall–Kier alpha value is -7.94. The molecule has 0 atom stereocenters. The van der Waals surface area contributed by atoms with E-state index in [0.717, 1.165) is 5.69 Å². The summed E-state index contributed by atoms with van der Waals surface area (Å²) < 4.78 is 5.29. The molecule has 324 valence electrons. The first-order valence-electron chi connectivity index (χ1n) is 24.2. The van der Waals surface area contributed by atoms with Gasteiger partial charge in [-0.1, -0.05) is 175 Å². The third-order valence-electron chi connectivity index (χ3n) is 15.2. The van der Waals surface area contributed by atoms with Crippen molar-refractivity contribution < 1.29 is 0 Å². The molecule has 14 aromatic rings. The van der Waals surface area contributed by atoms with Gasteiger partial charge in [-0.15, -0.1) is 0 Å². The van der Waals surface area contributed by atoms with Crippen LogP contribution in [0.3, 0.4) is 0 Å². The Morgan fingerprint density at radius 2 is 0.779 bits per heavy atom. The Morgan fingerprint density at radius 3 is 1.37 bits per heavy atom. The zero-order chi connectivity index (χ0) is 45.8.